The molecule has 2 heterocycles. The van der Waals surface area contributed by atoms with Crippen LogP contribution in [0, 0.1) is 0 Å². The molecule has 4 nitrogen and oxygen atoms in total. The van der Waals surface area contributed by atoms with E-state index in [9.17, 15) is 0 Å². The molecule has 2 rings (SSSR count). The predicted molar refractivity (Wildman–Crippen MR) is 59.9 cm³/mol. The van der Waals surface area contributed by atoms with Crippen molar-refractivity contribution in [3.05, 3.63) is 33.2 Å². The van der Waals surface area contributed by atoms with Crippen LogP contribution < -0.4 is 0 Å². The normalized spacial score (nSPS) is 10.8. The fraction of sp³-hybridized carbons (Fsp3) is 0.250. The van der Waals surface area contributed by atoms with Crippen LogP contribution in [0.4, 0.5) is 0 Å². The van der Waals surface area contributed by atoms with Crippen molar-refractivity contribution in [2.75, 3.05) is 0 Å². The lowest BCUT2D eigenvalue weighted by Crippen LogP contribution is -2.00. The Hall–Kier alpha value is -0.620. The maximum Gasteiger partial charge on any atom is 0.129 e. The second-order valence-electron chi connectivity index (χ2n) is 2.97. The van der Waals surface area contributed by atoms with Gasteiger partial charge in [0, 0.05) is 24.9 Å². The summed E-state index contributed by atoms with van der Waals surface area (Å²) in [6.07, 6.45) is 3.81. The summed E-state index contributed by atoms with van der Waals surface area (Å²) in [5.74, 6) is 0. The van der Waals surface area contributed by atoms with Gasteiger partial charge in [-0.25, -0.2) is 0 Å². The van der Waals surface area contributed by atoms with Crippen molar-refractivity contribution in [3.8, 4) is 0 Å². The molecule has 0 saturated carbocycles. The third-order valence-corrected chi connectivity index (χ3v) is 2.82. The number of aromatic nitrogens is 4. The fourth-order valence-corrected chi connectivity index (χ4v) is 2.34. The molecule has 0 aliphatic heterocycles. The van der Waals surface area contributed by atoms with Crippen molar-refractivity contribution >= 4 is 31.9 Å². The molecule has 0 N–H and O–H groups in total. The minimum Gasteiger partial charge on any atom is -0.275 e. The molecule has 0 bridgehead atoms. The molecule has 0 radical (unpaired) electrons. The molecule has 0 aliphatic carbocycles. The Labute approximate surface area is 98.2 Å². The number of hydrogen-bond acceptors (Lipinski definition) is 2. The number of rotatable bonds is 2. The van der Waals surface area contributed by atoms with Gasteiger partial charge in [0.25, 0.3) is 0 Å². The molecule has 0 spiro atoms. The minimum atomic E-state index is 0.722. The van der Waals surface area contributed by atoms with E-state index in [1.807, 2.05) is 30.2 Å². The SMILES string of the molecule is Cn1cc(Cn2nc(Br)cc2Br)cn1. The summed E-state index contributed by atoms with van der Waals surface area (Å²) in [6.45, 7) is 0.722. The van der Waals surface area contributed by atoms with E-state index < -0.39 is 0 Å². The molecular formula is C8H8Br2N4. The van der Waals surface area contributed by atoms with Gasteiger partial charge < -0.3 is 0 Å². The number of nitrogens with zero attached hydrogens (tertiary/aromatic N) is 4. The second-order valence-corrected chi connectivity index (χ2v) is 4.59. The molecule has 14 heavy (non-hydrogen) atoms. The molecule has 0 aromatic carbocycles. The maximum absolute atomic E-state index is 4.26. The Bertz CT molecular complexity index is 446. The molecule has 0 aliphatic rings. The van der Waals surface area contributed by atoms with Crippen LogP contribution in [0.5, 0.6) is 0 Å². The van der Waals surface area contributed by atoms with Crippen molar-refractivity contribution < 1.29 is 0 Å². The van der Waals surface area contributed by atoms with Crippen LogP contribution in [0.25, 0.3) is 0 Å². The summed E-state index contributed by atoms with van der Waals surface area (Å²) in [5.41, 5.74) is 1.13. The highest BCUT2D eigenvalue weighted by molar-refractivity contribution is 9.11. The van der Waals surface area contributed by atoms with Gasteiger partial charge in [-0.3, -0.25) is 9.36 Å². The highest BCUT2D eigenvalue weighted by atomic mass is 79.9. The van der Waals surface area contributed by atoms with E-state index in [1.54, 1.807) is 4.68 Å². The highest BCUT2D eigenvalue weighted by Crippen LogP contribution is 2.17. The zero-order valence-electron chi connectivity index (χ0n) is 7.48. The van der Waals surface area contributed by atoms with E-state index in [1.165, 1.54) is 0 Å². The maximum atomic E-state index is 4.26. The first-order valence-electron chi connectivity index (χ1n) is 4.01. The van der Waals surface area contributed by atoms with Gasteiger partial charge in [-0.2, -0.15) is 10.2 Å². The molecule has 2 aromatic rings. The van der Waals surface area contributed by atoms with E-state index in [0.717, 1.165) is 21.3 Å². The summed E-state index contributed by atoms with van der Waals surface area (Å²) >= 11 is 6.74. The molecule has 74 valence electrons. The van der Waals surface area contributed by atoms with E-state index in [0.29, 0.717) is 0 Å². The van der Waals surface area contributed by atoms with Crippen molar-refractivity contribution in [2.24, 2.45) is 7.05 Å². The van der Waals surface area contributed by atoms with Gasteiger partial charge in [0.1, 0.15) is 9.21 Å². The van der Waals surface area contributed by atoms with Crippen molar-refractivity contribution in [1.29, 1.82) is 0 Å². The van der Waals surface area contributed by atoms with Crippen LogP contribution >= 0.6 is 31.9 Å². The second kappa shape index (κ2) is 3.86. The smallest absolute Gasteiger partial charge is 0.129 e. The van der Waals surface area contributed by atoms with Crippen molar-refractivity contribution in [2.45, 2.75) is 6.54 Å². The van der Waals surface area contributed by atoms with Gasteiger partial charge in [-0.05, 0) is 31.9 Å². The molecule has 0 atom stereocenters. The lowest BCUT2D eigenvalue weighted by molar-refractivity contribution is 0.666. The Kier molecular flexibility index (Phi) is 2.73. The van der Waals surface area contributed by atoms with Gasteiger partial charge in [0.05, 0.1) is 12.7 Å². The lowest BCUT2D eigenvalue weighted by Gasteiger charge is -1.99. The molecule has 0 unspecified atom stereocenters. The first kappa shape index (κ1) is 9.92. The average Bonchev–Trinajstić information content (AvgIpc) is 2.61. The van der Waals surface area contributed by atoms with Gasteiger partial charge in [0.2, 0.25) is 0 Å². The van der Waals surface area contributed by atoms with E-state index >= 15 is 0 Å². The summed E-state index contributed by atoms with van der Waals surface area (Å²) in [4.78, 5) is 0. The van der Waals surface area contributed by atoms with Crippen LogP contribution in [0.1, 0.15) is 5.56 Å². The van der Waals surface area contributed by atoms with Gasteiger partial charge in [-0.1, -0.05) is 0 Å². The quantitative estimate of drug-likeness (QED) is 0.850. The molecule has 6 heteroatoms. The van der Waals surface area contributed by atoms with Crippen LogP contribution in [-0.2, 0) is 13.6 Å². The standard InChI is InChI=1S/C8H8Br2N4/c1-13-4-6(3-11-13)5-14-8(10)2-7(9)12-14/h2-4H,5H2,1H3. The Morgan fingerprint density at radius 1 is 1.43 bits per heavy atom. The first-order valence-corrected chi connectivity index (χ1v) is 5.60. The Morgan fingerprint density at radius 3 is 2.71 bits per heavy atom. The van der Waals surface area contributed by atoms with Crippen LogP contribution in [-0.4, -0.2) is 19.6 Å². The van der Waals surface area contributed by atoms with Crippen LogP contribution in [0.2, 0.25) is 0 Å². The van der Waals surface area contributed by atoms with Crippen LogP contribution in [0.15, 0.2) is 27.7 Å². The zero-order valence-corrected chi connectivity index (χ0v) is 10.7. The minimum absolute atomic E-state index is 0.722. The first-order chi connectivity index (χ1) is 6.65. The van der Waals surface area contributed by atoms with Crippen molar-refractivity contribution in [1.82, 2.24) is 19.6 Å². The average molecular weight is 320 g/mol. The van der Waals surface area contributed by atoms with E-state index in [4.69, 9.17) is 0 Å². The number of aryl methyl sites for hydroxylation is 1. The topological polar surface area (TPSA) is 35.6 Å². The molecular weight excluding hydrogens is 312 g/mol. The fourth-order valence-electron chi connectivity index (χ4n) is 1.20. The zero-order chi connectivity index (χ0) is 10.1. The van der Waals surface area contributed by atoms with Gasteiger partial charge in [0.15, 0.2) is 0 Å². The Balaban J connectivity index is 2.22. The monoisotopic (exact) mass is 318 g/mol. The van der Waals surface area contributed by atoms with E-state index in [-0.39, 0.29) is 0 Å². The summed E-state index contributed by atoms with van der Waals surface area (Å²) in [6, 6.07) is 1.91. The molecule has 0 amide bonds. The third-order valence-electron chi connectivity index (χ3n) is 1.79. The lowest BCUT2D eigenvalue weighted by atomic mass is 10.4. The number of halogens is 2. The largest absolute Gasteiger partial charge is 0.275 e. The van der Waals surface area contributed by atoms with E-state index in [2.05, 4.69) is 42.1 Å². The summed E-state index contributed by atoms with van der Waals surface area (Å²) < 4.78 is 5.42. The molecule has 0 saturated heterocycles. The van der Waals surface area contributed by atoms with Crippen molar-refractivity contribution in [3.63, 3.8) is 0 Å². The number of hydrogen-bond donors (Lipinski definition) is 0. The third kappa shape index (κ3) is 2.06. The van der Waals surface area contributed by atoms with Gasteiger partial charge in [-0.15, -0.1) is 0 Å². The van der Waals surface area contributed by atoms with Gasteiger partial charge >= 0.3 is 0 Å². The Morgan fingerprint density at radius 2 is 2.21 bits per heavy atom. The molecule has 0 fully saturated rings. The van der Waals surface area contributed by atoms with Crippen LogP contribution in [0.3, 0.4) is 0 Å². The molecule has 2 aromatic heterocycles. The summed E-state index contributed by atoms with van der Waals surface area (Å²) in [7, 11) is 1.90. The predicted octanol–water partition coefficient (Wildman–Crippen LogP) is 2.19. The summed E-state index contributed by atoms with van der Waals surface area (Å²) in [5, 5.41) is 8.36. The highest BCUT2D eigenvalue weighted by Gasteiger charge is 2.04.